The molecular weight excluding hydrogens is 304 g/mol. The Kier molecular flexibility index (Phi) is 4.92. The summed E-state index contributed by atoms with van der Waals surface area (Å²) >= 11 is 0. The average Bonchev–Trinajstić information content (AvgIpc) is 3.26. The van der Waals surface area contributed by atoms with E-state index in [1.807, 2.05) is 30.6 Å². The number of fused-ring (bicyclic) bond motifs is 1. The lowest BCUT2D eigenvalue weighted by Gasteiger charge is -2.37. The van der Waals surface area contributed by atoms with E-state index in [1.54, 1.807) is 6.26 Å². The van der Waals surface area contributed by atoms with Crippen molar-refractivity contribution in [3.8, 4) is 0 Å². The first-order valence-electron chi connectivity index (χ1n) is 8.73. The molecule has 2 aliphatic rings. The van der Waals surface area contributed by atoms with E-state index in [0.29, 0.717) is 24.7 Å². The molecule has 3 atom stereocenters. The normalized spacial score (nSPS) is 27.2. The number of hydrogen-bond donors (Lipinski definition) is 0. The quantitative estimate of drug-likeness (QED) is 0.816. The standard InChI is InChI=1S/C19H24N2O3/c1-2-17(23-8-1)12-21-7-9-24-19-11-16(10-18(19)21)14-22-13-15-3-5-20-6-4-15/h1-6,8,16,18-19H,7,9-14H2/t16-,18-,19-/m1/s1. The van der Waals surface area contributed by atoms with E-state index in [2.05, 4.69) is 16.0 Å². The summed E-state index contributed by atoms with van der Waals surface area (Å²) < 4.78 is 17.5. The van der Waals surface area contributed by atoms with Gasteiger partial charge in [-0.15, -0.1) is 0 Å². The fourth-order valence-electron chi connectivity index (χ4n) is 3.88. The van der Waals surface area contributed by atoms with Crippen LogP contribution in [0.4, 0.5) is 0 Å². The molecule has 5 nitrogen and oxygen atoms in total. The molecule has 0 unspecified atom stereocenters. The molecule has 1 aliphatic heterocycles. The summed E-state index contributed by atoms with van der Waals surface area (Å²) in [4.78, 5) is 6.54. The van der Waals surface area contributed by atoms with Crippen molar-refractivity contribution in [2.45, 2.75) is 38.1 Å². The summed E-state index contributed by atoms with van der Waals surface area (Å²) in [6.45, 7) is 4.12. The van der Waals surface area contributed by atoms with Gasteiger partial charge in [0.25, 0.3) is 0 Å². The van der Waals surface area contributed by atoms with Gasteiger partial charge in [-0.05, 0) is 48.6 Å². The van der Waals surface area contributed by atoms with Gasteiger partial charge < -0.3 is 13.9 Å². The zero-order valence-electron chi connectivity index (χ0n) is 13.8. The van der Waals surface area contributed by atoms with Crippen LogP contribution in [0.2, 0.25) is 0 Å². The van der Waals surface area contributed by atoms with Crippen molar-refractivity contribution >= 4 is 0 Å². The highest BCUT2D eigenvalue weighted by molar-refractivity contribution is 5.08. The smallest absolute Gasteiger partial charge is 0.117 e. The Labute approximate surface area is 142 Å². The van der Waals surface area contributed by atoms with Crippen molar-refractivity contribution in [3.63, 3.8) is 0 Å². The van der Waals surface area contributed by atoms with Crippen LogP contribution in [0.5, 0.6) is 0 Å². The van der Waals surface area contributed by atoms with Crippen LogP contribution in [0.15, 0.2) is 47.3 Å². The number of rotatable bonds is 6. The number of pyridine rings is 1. The summed E-state index contributed by atoms with van der Waals surface area (Å²) in [5.74, 6) is 1.60. The van der Waals surface area contributed by atoms with Gasteiger partial charge in [-0.2, -0.15) is 0 Å². The SMILES string of the molecule is c1coc(CN2CCO[C@@H]3C[C@H](COCc4ccncc4)C[C@H]32)c1. The molecule has 128 valence electrons. The molecule has 24 heavy (non-hydrogen) atoms. The summed E-state index contributed by atoms with van der Waals surface area (Å²) in [6, 6.07) is 8.50. The zero-order valence-corrected chi connectivity index (χ0v) is 13.8. The Morgan fingerprint density at radius 2 is 2.12 bits per heavy atom. The summed E-state index contributed by atoms with van der Waals surface area (Å²) in [5, 5.41) is 0. The second-order valence-corrected chi connectivity index (χ2v) is 6.73. The Hall–Kier alpha value is -1.69. The van der Waals surface area contributed by atoms with Gasteiger partial charge in [0.05, 0.1) is 32.1 Å². The fraction of sp³-hybridized carbons (Fsp3) is 0.526. The van der Waals surface area contributed by atoms with Crippen LogP contribution in [-0.2, 0) is 22.6 Å². The first-order chi connectivity index (χ1) is 11.9. The van der Waals surface area contributed by atoms with Crippen LogP contribution >= 0.6 is 0 Å². The summed E-state index contributed by atoms with van der Waals surface area (Å²) in [7, 11) is 0. The Bertz CT molecular complexity index is 617. The predicted molar refractivity (Wildman–Crippen MR) is 89.3 cm³/mol. The number of ether oxygens (including phenoxy) is 2. The Balaban J connectivity index is 1.29. The lowest BCUT2D eigenvalue weighted by molar-refractivity contribution is -0.0609. The highest BCUT2D eigenvalue weighted by atomic mass is 16.5. The lowest BCUT2D eigenvalue weighted by Crippen LogP contribution is -2.47. The first-order valence-corrected chi connectivity index (χ1v) is 8.73. The fourth-order valence-corrected chi connectivity index (χ4v) is 3.88. The average molecular weight is 328 g/mol. The van der Waals surface area contributed by atoms with Crippen LogP contribution in [0, 0.1) is 5.92 Å². The van der Waals surface area contributed by atoms with Crippen LogP contribution in [0.1, 0.15) is 24.2 Å². The zero-order chi connectivity index (χ0) is 16.2. The number of furan rings is 1. The maximum Gasteiger partial charge on any atom is 0.117 e. The van der Waals surface area contributed by atoms with Crippen molar-refractivity contribution in [2.24, 2.45) is 5.92 Å². The number of nitrogens with zero attached hydrogens (tertiary/aromatic N) is 2. The minimum Gasteiger partial charge on any atom is -0.468 e. The molecule has 5 heteroatoms. The molecule has 0 amide bonds. The van der Waals surface area contributed by atoms with Gasteiger partial charge in [0.2, 0.25) is 0 Å². The van der Waals surface area contributed by atoms with E-state index in [0.717, 1.165) is 44.9 Å². The van der Waals surface area contributed by atoms with Crippen LogP contribution in [-0.4, -0.2) is 41.8 Å². The van der Waals surface area contributed by atoms with E-state index < -0.39 is 0 Å². The lowest BCUT2D eigenvalue weighted by atomic mass is 10.1. The van der Waals surface area contributed by atoms with Crippen LogP contribution in [0.3, 0.4) is 0 Å². The second-order valence-electron chi connectivity index (χ2n) is 6.73. The van der Waals surface area contributed by atoms with Gasteiger partial charge in [0, 0.05) is 31.6 Å². The molecule has 0 aromatic carbocycles. The molecule has 2 fully saturated rings. The van der Waals surface area contributed by atoms with Gasteiger partial charge in [-0.1, -0.05) is 0 Å². The Morgan fingerprint density at radius 3 is 2.96 bits per heavy atom. The monoisotopic (exact) mass is 328 g/mol. The molecule has 0 spiro atoms. The maximum absolute atomic E-state index is 6.01. The molecule has 1 saturated heterocycles. The molecule has 1 saturated carbocycles. The van der Waals surface area contributed by atoms with Gasteiger partial charge in [-0.3, -0.25) is 9.88 Å². The van der Waals surface area contributed by atoms with Crippen molar-refractivity contribution in [1.29, 1.82) is 0 Å². The van der Waals surface area contributed by atoms with Crippen LogP contribution < -0.4 is 0 Å². The predicted octanol–water partition coefficient (Wildman–Crippen LogP) is 2.87. The second kappa shape index (κ2) is 7.47. The maximum atomic E-state index is 6.01. The molecule has 3 heterocycles. The third kappa shape index (κ3) is 3.69. The van der Waals surface area contributed by atoms with E-state index in [4.69, 9.17) is 13.9 Å². The third-order valence-corrected chi connectivity index (χ3v) is 5.06. The molecule has 0 radical (unpaired) electrons. The third-order valence-electron chi connectivity index (χ3n) is 5.06. The minimum absolute atomic E-state index is 0.336. The molecule has 0 bridgehead atoms. The summed E-state index contributed by atoms with van der Waals surface area (Å²) in [6.07, 6.45) is 7.93. The minimum atomic E-state index is 0.336. The molecule has 0 N–H and O–H groups in total. The van der Waals surface area contributed by atoms with Gasteiger partial charge in [0.1, 0.15) is 5.76 Å². The highest BCUT2D eigenvalue weighted by Crippen LogP contribution is 2.35. The van der Waals surface area contributed by atoms with Crippen molar-refractivity contribution in [1.82, 2.24) is 9.88 Å². The number of hydrogen-bond acceptors (Lipinski definition) is 5. The largest absolute Gasteiger partial charge is 0.468 e. The molecular formula is C19H24N2O3. The van der Waals surface area contributed by atoms with Crippen molar-refractivity contribution < 1.29 is 13.9 Å². The molecule has 2 aromatic heterocycles. The summed E-state index contributed by atoms with van der Waals surface area (Å²) in [5.41, 5.74) is 1.18. The number of aromatic nitrogens is 1. The van der Waals surface area contributed by atoms with Gasteiger partial charge >= 0.3 is 0 Å². The molecule has 2 aromatic rings. The number of morpholine rings is 1. The van der Waals surface area contributed by atoms with Gasteiger partial charge in [-0.25, -0.2) is 0 Å². The topological polar surface area (TPSA) is 47.7 Å². The van der Waals surface area contributed by atoms with E-state index in [-0.39, 0.29) is 0 Å². The van der Waals surface area contributed by atoms with Crippen molar-refractivity contribution in [2.75, 3.05) is 19.8 Å². The first kappa shape index (κ1) is 15.8. The highest BCUT2D eigenvalue weighted by Gasteiger charge is 2.41. The van der Waals surface area contributed by atoms with E-state index in [9.17, 15) is 0 Å². The van der Waals surface area contributed by atoms with Crippen LogP contribution in [0.25, 0.3) is 0 Å². The van der Waals surface area contributed by atoms with Gasteiger partial charge in [0.15, 0.2) is 0 Å². The van der Waals surface area contributed by atoms with E-state index in [1.165, 1.54) is 5.56 Å². The van der Waals surface area contributed by atoms with Crippen molar-refractivity contribution in [3.05, 3.63) is 54.2 Å². The van der Waals surface area contributed by atoms with E-state index >= 15 is 0 Å². The molecule has 1 aliphatic carbocycles. The Morgan fingerprint density at radius 1 is 1.21 bits per heavy atom. The molecule has 4 rings (SSSR count).